The Balaban J connectivity index is 1.31. The number of benzene rings is 2. The fourth-order valence-electron chi connectivity index (χ4n) is 4.46. The van der Waals surface area contributed by atoms with Crippen molar-refractivity contribution in [2.75, 3.05) is 11.9 Å². The second-order valence-corrected chi connectivity index (χ2v) is 9.21. The van der Waals surface area contributed by atoms with Crippen LogP contribution in [-0.2, 0) is 15.7 Å². The van der Waals surface area contributed by atoms with Gasteiger partial charge in [-0.15, -0.1) is 0 Å². The average Bonchev–Trinajstić information content (AvgIpc) is 3.30. The molecule has 2 aromatic carbocycles. The van der Waals surface area contributed by atoms with Gasteiger partial charge in [0.15, 0.2) is 0 Å². The second kappa shape index (κ2) is 11.3. The molecule has 2 atom stereocenters. The Labute approximate surface area is 221 Å². The van der Waals surface area contributed by atoms with Gasteiger partial charge in [-0.25, -0.2) is 9.59 Å². The third kappa shape index (κ3) is 6.82. The zero-order valence-electron chi connectivity index (χ0n) is 21.4. The Kier molecular flexibility index (Phi) is 8.05. The minimum atomic E-state index is -4.58. The van der Waals surface area contributed by atoms with E-state index in [2.05, 4.69) is 10.3 Å². The number of carbonyl (C=O) groups is 2. The monoisotopic (exact) mass is 545 g/mol. The third-order valence-corrected chi connectivity index (χ3v) is 6.12. The number of amides is 1. The quantitative estimate of drug-likeness (QED) is 0.329. The van der Waals surface area contributed by atoms with Crippen LogP contribution in [0.4, 0.5) is 23.8 Å². The van der Waals surface area contributed by atoms with E-state index in [1.54, 1.807) is 0 Å². The molecule has 1 unspecified atom stereocenters. The molecule has 2 heterocycles. The summed E-state index contributed by atoms with van der Waals surface area (Å²) < 4.78 is 55.3. The topological polar surface area (TPSA) is 109 Å². The number of nitrogens with one attached hydrogen (secondary N) is 1. The van der Waals surface area contributed by atoms with Crippen molar-refractivity contribution in [3.05, 3.63) is 87.0 Å². The van der Waals surface area contributed by atoms with Crippen LogP contribution in [0.1, 0.15) is 51.7 Å². The largest absolute Gasteiger partial charge is 0.513 e. The lowest BCUT2D eigenvalue weighted by molar-refractivity contribution is -0.137. The Morgan fingerprint density at radius 1 is 1.10 bits per heavy atom. The van der Waals surface area contributed by atoms with E-state index in [1.165, 1.54) is 22.9 Å². The van der Waals surface area contributed by atoms with E-state index >= 15 is 0 Å². The van der Waals surface area contributed by atoms with Crippen molar-refractivity contribution in [3.63, 3.8) is 0 Å². The molecule has 0 bridgehead atoms. The van der Waals surface area contributed by atoms with Crippen LogP contribution in [0, 0.1) is 20.8 Å². The summed E-state index contributed by atoms with van der Waals surface area (Å²) in [5.41, 5.74) is 1.57. The summed E-state index contributed by atoms with van der Waals surface area (Å²) in [6.07, 6.45) is -4.68. The van der Waals surface area contributed by atoms with E-state index in [0.717, 1.165) is 28.8 Å². The molecule has 1 aromatic heterocycles. The van der Waals surface area contributed by atoms with Crippen LogP contribution in [0.5, 0.6) is 5.75 Å². The molecule has 12 heteroatoms. The van der Waals surface area contributed by atoms with E-state index in [0.29, 0.717) is 24.5 Å². The van der Waals surface area contributed by atoms with Crippen molar-refractivity contribution in [1.82, 2.24) is 9.55 Å². The molecule has 1 fully saturated rings. The van der Waals surface area contributed by atoms with Crippen LogP contribution < -0.4 is 15.7 Å². The van der Waals surface area contributed by atoms with Gasteiger partial charge in [0.1, 0.15) is 24.4 Å². The normalized spacial score (nSPS) is 17.1. The number of halogens is 3. The van der Waals surface area contributed by atoms with Gasteiger partial charge in [0.05, 0.1) is 11.7 Å². The fourth-order valence-corrected chi connectivity index (χ4v) is 4.46. The van der Waals surface area contributed by atoms with Crippen molar-refractivity contribution in [2.24, 2.45) is 0 Å². The molecular weight excluding hydrogens is 519 g/mol. The number of aromatic nitrogens is 2. The van der Waals surface area contributed by atoms with Crippen molar-refractivity contribution in [3.8, 4) is 5.75 Å². The summed E-state index contributed by atoms with van der Waals surface area (Å²) in [5, 5.41) is 2.65. The number of nitrogens with zero attached hydrogens (tertiary/aromatic N) is 2. The summed E-state index contributed by atoms with van der Waals surface area (Å²) in [5.74, 6) is -0.589. The number of hydrogen-bond acceptors (Lipinski definition) is 7. The zero-order chi connectivity index (χ0) is 28.3. The molecule has 9 nitrogen and oxygen atoms in total. The smallest absolute Gasteiger partial charge is 0.431 e. The number of hydrogen-bond donors (Lipinski definition) is 1. The summed E-state index contributed by atoms with van der Waals surface area (Å²) in [6.45, 7) is 5.39. The van der Waals surface area contributed by atoms with Crippen LogP contribution >= 0.6 is 0 Å². The van der Waals surface area contributed by atoms with Gasteiger partial charge in [0.2, 0.25) is 0 Å². The summed E-state index contributed by atoms with van der Waals surface area (Å²) in [7, 11) is 0. The van der Waals surface area contributed by atoms with E-state index < -0.39 is 35.9 Å². The molecule has 206 valence electrons. The van der Waals surface area contributed by atoms with Gasteiger partial charge in [-0.1, -0.05) is 23.8 Å². The van der Waals surface area contributed by atoms with Crippen molar-refractivity contribution >= 4 is 17.9 Å². The Morgan fingerprint density at radius 3 is 2.49 bits per heavy atom. The van der Waals surface area contributed by atoms with Crippen LogP contribution in [0.2, 0.25) is 0 Å². The molecule has 1 amide bonds. The first kappa shape index (κ1) is 27.8. The van der Waals surface area contributed by atoms with Gasteiger partial charge >= 0.3 is 18.0 Å². The first-order chi connectivity index (χ1) is 18.4. The van der Waals surface area contributed by atoms with Crippen LogP contribution in [0.3, 0.4) is 0 Å². The first-order valence-electron chi connectivity index (χ1n) is 12.1. The maximum Gasteiger partial charge on any atom is 0.513 e. The fraction of sp³-hybridized carbons (Fsp3) is 0.333. The highest BCUT2D eigenvalue weighted by atomic mass is 19.4. The summed E-state index contributed by atoms with van der Waals surface area (Å²) in [6, 6.07) is 9.14. The number of aryl methyl sites for hydroxylation is 3. The Hall–Kier alpha value is -4.19. The van der Waals surface area contributed by atoms with Gasteiger partial charge in [-0.3, -0.25) is 9.36 Å². The van der Waals surface area contributed by atoms with Gasteiger partial charge in [-0.2, -0.15) is 18.2 Å². The van der Waals surface area contributed by atoms with Crippen molar-refractivity contribution in [2.45, 2.75) is 52.1 Å². The standard InChI is InChI=1S/C27H26F3N3O6/c1-15-11-16(2)23(17(3)12-15)24(34)31-21-9-10-33(25(35)32-21)22-8-7-20(38-22)14-37-26(36)39-19-6-4-5-18(13-19)27(28,29)30/h4-6,9-13,20,22H,7-8,14H2,1-3H3,(H,31,32,34,35)/t20?,22-/m1/s1. The van der Waals surface area contributed by atoms with Crippen molar-refractivity contribution in [1.29, 1.82) is 0 Å². The molecular formula is C27H26F3N3O6. The number of rotatable bonds is 6. The highest BCUT2D eigenvalue weighted by Crippen LogP contribution is 2.31. The van der Waals surface area contributed by atoms with Crippen molar-refractivity contribution < 1.29 is 37.0 Å². The average molecular weight is 546 g/mol. The minimum absolute atomic E-state index is 0.0934. The molecule has 1 N–H and O–H groups in total. The lowest BCUT2D eigenvalue weighted by Crippen LogP contribution is -2.29. The predicted molar refractivity (Wildman–Crippen MR) is 134 cm³/mol. The third-order valence-electron chi connectivity index (χ3n) is 6.12. The molecule has 1 saturated heterocycles. The Bertz CT molecular complexity index is 1430. The van der Waals surface area contributed by atoms with Crippen LogP contribution in [0.25, 0.3) is 0 Å². The molecule has 0 aliphatic carbocycles. The number of carbonyl (C=O) groups excluding carboxylic acids is 2. The molecule has 0 radical (unpaired) electrons. The van der Waals surface area contributed by atoms with E-state index in [4.69, 9.17) is 14.2 Å². The molecule has 39 heavy (non-hydrogen) atoms. The van der Waals surface area contributed by atoms with Crippen LogP contribution in [-0.4, -0.2) is 34.3 Å². The maximum atomic E-state index is 12.8. The highest BCUT2D eigenvalue weighted by molar-refractivity contribution is 6.05. The number of alkyl halides is 3. The van der Waals surface area contributed by atoms with Gasteiger partial charge in [0.25, 0.3) is 5.91 Å². The van der Waals surface area contributed by atoms with Gasteiger partial charge in [-0.05, 0) is 69.0 Å². The molecule has 4 rings (SSSR count). The number of anilines is 1. The predicted octanol–water partition coefficient (Wildman–Crippen LogP) is 5.33. The minimum Gasteiger partial charge on any atom is -0.431 e. The SMILES string of the molecule is Cc1cc(C)c(C(=O)Nc2ccn([C@H]3CCC(COC(=O)Oc4cccc(C(F)(F)F)c4)O3)c(=O)n2)c(C)c1. The molecule has 1 aliphatic rings. The van der Waals surface area contributed by atoms with Gasteiger partial charge < -0.3 is 19.5 Å². The summed E-state index contributed by atoms with van der Waals surface area (Å²) in [4.78, 5) is 41.3. The first-order valence-corrected chi connectivity index (χ1v) is 12.1. The second-order valence-electron chi connectivity index (χ2n) is 9.21. The van der Waals surface area contributed by atoms with E-state index in [-0.39, 0.29) is 24.1 Å². The Morgan fingerprint density at radius 2 is 1.82 bits per heavy atom. The summed E-state index contributed by atoms with van der Waals surface area (Å²) >= 11 is 0. The van der Waals surface area contributed by atoms with Crippen LogP contribution in [0.15, 0.2) is 53.5 Å². The highest BCUT2D eigenvalue weighted by Gasteiger charge is 2.31. The lowest BCUT2D eigenvalue weighted by Gasteiger charge is -2.16. The molecule has 0 saturated carbocycles. The zero-order valence-corrected chi connectivity index (χ0v) is 21.4. The molecule has 1 aliphatic heterocycles. The maximum absolute atomic E-state index is 12.8. The van der Waals surface area contributed by atoms with Gasteiger partial charge in [0, 0.05) is 11.8 Å². The molecule has 3 aromatic rings. The van der Waals surface area contributed by atoms with E-state index in [1.807, 2.05) is 32.9 Å². The number of ether oxygens (including phenoxy) is 3. The molecule has 0 spiro atoms. The lowest BCUT2D eigenvalue weighted by atomic mass is 9.99. The van der Waals surface area contributed by atoms with E-state index in [9.17, 15) is 27.6 Å².